The minimum atomic E-state index is -0.852. The van der Waals surface area contributed by atoms with E-state index in [9.17, 15) is 19.2 Å². The number of benzene rings is 2. The minimum absolute atomic E-state index is 0.0130. The van der Waals surface area contributed by atoms with Crippen LogP contribution in [0.5, 0.6) is 0 Å². The van der Waals surface area contributed by atoms with E-state index in [-0.39, 0.29) is 22.6 Å². The van der Waals surface area contributed by atoms with Crippen LogP contribution in [0.3, 0.4) is 0 Å². The Balaban J connectivity index is 1.66. The number of amides is 2. The fraction of sp³-hybridized carbons (Fsp3) is 0.0909. The van der Waals surface area contributed by atoms with Crippen molar-refractivity contribution in [2.45, 2.75) is 0 Å². The predicted molar refractivity (Wildman–Crippen MR) is 109 cm³/mol. The first kappa shape index (κ1) is 21.0. The molecule has 0 aliphatic carbocycles. The maximum Gasteiger partial charge on any atom is 0.339 e. The number of imide groups is 1. The number of hydrogen-bond donors (Lipinski definition) is 1. The van der Waals surface area contributed by atoms with Gasteiger partial charge in [0.2, 0.25) is 0 Å². The molecule has 0 bridgehead atoms. The molecule has 0 fully saturated rings. The lowest BCUT2D eigenvalue weighted by atomic mass is 9.98. The molecule has 0 unspecified atom stereocenters. The van der Waals surface area contributed by atoms with Crippen molar-refractivity contribution >= 4 is 35.2 Å². The van der Waals surface area contributed by atoms with Gasteiger partial charge in [-0.25, -0.2) is 4.79 Å². The second kappa shape index (κ2) is 9.19. The topological polar surface area (TPSA) is 94.5 Å². The van der Waals surface area contributed by atoms with Crippen molar-refractivity contribution in [3.8, 4) is 0 Å². The van der Waals surface area contributed by atoms with Gasteiger partial charge in [-0.1, -0.05) is 29.8 Å². The summed E-state index contributed by atoms with van der Waals surface area (Å²) in [6.07, 6.45) is 1.66. The quantitative estimate of drug-likeness (QED) is 0.485. The summed E-state index contributed by atoms with van der Waals surface area (Å²) in [7, 11) is 1.66. The van der Waals surface area contributed by atoms with Gasteiger partial charge in [-0.2, -0.15) is 0 Å². The van der Waals surface area contributed by atoms with Crippen LogP contribution in [0.15, 0.2) is 66.9 Å². The number of aryl methyl sites for hydroxylation is 1. The van der Waals surface area contributed by atoms with Gasteiger partial charge in [0.05, 0.1) is 5.56 Å². The lowest BCUT2D eigenvalue weighted by molar-refractivity contribution is -0.123. The van der Waals surface area contributed by atoms with Crippen LogP contribution >= 0.6 is 11.6 Å². The van der Waals surface area contributed by atoms with Gasteiger partial charge >= 0.3 is 5.97 Å². The third kappa shape index (κ3) is 4.82. The largest absolute Gasteiger partial charge is 0.452 e. The van der Waals surface area contributed by atoms with E-state index in [0.29, 0.717) is 10.6 Å². The Morgan fingerprint density at radius 1 is 0.933 bits per heavy atom. The first-order valence-corrected chi connectivity index (χ1v) is 9.26. The number of carbonyl (C=O) groups excluding carboxylic acids is 4. The molecule has 3 rings (SSSR count). The summed E-state index contributed by atoms with van der Waals surface area (Å²) < 4.78 is 6.55. The number of esters is 1. The summed E-state index contributed by atoms with van der Waals surface area (Å²) in [6, 6.07) is 15.6. The molecule has 0 saturated carbocycles. The zero-order valence-corrected chi connectivity index (χ0v) is 16.7. The molecule has 0 spiro atoms. The molecular formula is C22H17ClN2O5. The van der Waals surface area contributed by atoms with Crippen molar-refractivity contribution in [2.24, 2.45) is 7.05 Å². The maximum absolute atomic E-state index is 12.8. The molecule has 0 aliphatic rings. The highest BCUT2D eigenvalue weighted by Gasteiger charge is 2.20. The Morgan fingerprint density at radius 2 is 1.60 bits per heavy atom. The number of ketones is 1. The summed E-state index contributed by atoms with van der Waals surface area (Å²) in [4.78, 5) is 49.2. The minimum Gasteiger partial charge on any atom is -0.452 e. The summed E-state index contributed by atoms with van der Waals surface area (Å²) in [5.74, 6) is -2.63. The lowest BCUT2D eigenvalue weighted by Crippen LogP contribution is -2.35. The zero-order chi connectivity index (χ0) is 21.7. The van der Waals surface area contributed by atoms with Gasteiger partial charge in [0.25, 0.3) is 11.8 Å². The van der Waals surface area contributed by atoms with Crippen LogP contribution in [0.2, 0.25) is 5.02 Å². The van der Waals surface area contributed by atoms with Gasteiger partial charge < -0.3 is 9.30 Å². The van der Waals surface area contributed by atoms with Crippen LogP contribution in [0, 0.1) is 0 Å². The number of aromatic nitrogens is 1. The van der Waals surface area contributed by atoms with E-state index in [1.807, 2.05) is 0 Å². The Kier molecular flexibility index (Phi) is 6.44. The monoisotopic (exact) mass is 424 g/mol. The van der Waals surface area contributed by atoms with Gasteiger partial charge in [0.15, 0.2) is 12.4 Å². The van der Waals surface area contributed by atoms with Gasteiger partial charge in [-0.3, -0.25) is 19.7 Å². The Morgan fingerprint density at radius 3 is 2.23 bits per heavy atom. The highest BCUT2D eigenvalue weighted by Crippen LogP contribution is 2.18. The van der Waals surface area contributed by atoms with Crippen LogP contribution in [0.25, 0.3) is 0 Å². The SMILES string of the molecule is Cn1cccc1C(=O)NC(=O)COC(=O)c1ccccc1C(=O)c1ccc(Cl)cc1. The maximum atomic E-state index is 12.8. The van der Waals surface area contributed by atoms with Crippen LogP contribution in [-0.2, 0) is 16.6 Å². The molecule has 7 nitrogen and oxygen atoms in total. The van der Waals surface area contributed by atoms with Gasteiger partial charge in [0, 0.05) is 29.4 Å². The summed E-state index contributed by atoms with van der Waals surface area (Å²) in [6.45, 7) is -0.668. The summed E-state index contributed by atoms with van der Waals surface area (Å²) in [5, 5.41) is 2.62. The van der Waals surface area contributed by atoms with Crippen LogP contribution in [0.1, 0.15) is 36.8 Å². The number of rotatable bonds is 6. The fourth-order valence-electron chi connectivity index (χ4n) is 2.75. The smallest absolute Gasteiger partial charge is 0.339 e. The normalized spacial score (nSPS) is 10.3. The fourth-order valence-corrected chi connectivity index (χ4v) is 2.87. The highest BCUT2D eigenvalue weighted by molar-refractivity contribution is 6.30. The molecule has 30 heavy (non-hydrogen) atoms. The van der Waals surface area contributed by atoms with Gasteiger partial charge in [-0.15, -0.1) is 0 Å². The van der Waals surface area contributed by atoms with E-state index in [4.69, 9.17) is 16.3 Å². The molecule has 0 saturated heterocycles. The Bertz CT molecular complexity index is 1120. The first-order valence-electron chi connectivity index (χ1n) is 8.88. The number of halogens is 1. The molecule has 152 valence electrons. The van der Waals surface area contributed by atoms with Gasteiger partial charge in [-0.05, 0) is 42.5 Å². The lowest BCUT2D eigenvalue weighted by Gasteiger charge is -2.09. The molecule has 8 heteroatoms. The Labute approximate surface area is 177 Å². The van der Waals surface area contributed by atoms with E-state index >= 15 is 0 Å². The molecule has 1 N–H and O–H groups in total. The van der Waals surface area contributed by atoms with Crippen LogP contribution < -0.4 is 5.32 Å². The summed E-state index contributed by atoms with van der Waals surface area (Å²) >= 11 is 5.84. The molecule has 0 aliphatic heterocycles. The average molecular weight is 425 g/mol. The van der Waals surface area contributed by atoms with Crippen molar-refractivity contribution in [3.63, 3.8) is 0 Å². The third-order valence-corrected chi connectivity index (χ3v) is 4.51. The molecule has 3 aromatic rings. The standard InChI is InChI=1S/C22H17ClN2O5/c1-25-12-4-7-18(25)21(28)24-19(26)13-30-22(29)17-6-3-2-5-16(17)20(27)14-8-10-15(23)11-9-14/h2-12H,13H2,1H3,(H,24,26,28). The number of hydrogen-bond acceptors (Lipinski definition) is 5. The summed E-state index contributed by atoms with van der Waals surface area (Å²) in [5.41, 5.74) is 0.781. The number of nitrogens with zero attached hydrogens (tertiary/aromatic N) is 1. The van der Waals surface area contributed by atoms with Crippen molar-refractivity contribution in [3.05, 3.63) is 94.3 Å². The molecule has 1 aromatic heterocycles. The molecule has 0 atom stereocenters. The van der Waals surface area contributed by atoms with E-state index in [1.165, 1.54) is 12.1 Å². The number of nitrogens with one attached hydrogen (secondary N) is 1. The third-order valence-electron chi connectivity index (χ3n) is 4.26. The van der Waals surface area contributed by atoms with E-state index in [0.717, 1.165) is 0 Å². The zero-order valence-electron chi connectivity index (χ0n) is 15.9. The molecule has 0 radical (unpaired) electrons. The second-order valence-electron chi connectivity index (χ2n) is 6.34. The molecular weight excluding hydrogens is 408 g/mol. The molecule has 2 aromatic carbocycles. The first-order chi connectivity index (χ1) is 14.4. The van der Waals surface area contributed by atoms with E-state index in [2.05, 4.69) is 5.32 Å². The van der Waals surface area contributed by atoms with E-state index in [1.54, 1.807) is 66.3 Å². The van der Waals surface area contributed by atoms with Crippen molar-refractivity contribution in [1.29, 1.82) is 0 Å². The highest BCUT2D eigenvalue weighted by atomic mass is 35.5. The van der Waals surface area contributed by atoms with Crippen molar-refractivity contribution in [2.75, 3.05) is 6.61 Å². The number of carbonyl (C=O) groups is 4. The average Bonchev–Trinajstić information content (AvgIpc) is 3.18. The van der Waals surface area contributed by atoms with Crippen LogP contribution in [0.4, 0.5) is 0 Å². The van der Waals surface area contributed by atoms with Crippen molar-refractivity contribution < 1.29 is 23.9 Å². The second-order valence-corrected chi connectivity index (χ2v) is 6.78. The van der Waals surface area contributed by atoms with Crippen LogP contribution in [-0.4, -0.2) is 34.7 Å². The van der Waals surface area contributed by atoms with Crippen molar-refractivity contribution in [1.82, 2.24) is 9.88 Å². The molecule has 2 amide bonds. The predicted octanol–water partition coefficient (Wildman–Crippen LogP) is 3.02. The number of ether oxygens (including phenoxy) is 1. The van der Waals surface area contributed by atoms with Gasteiger partial charge in [0.1, 0.15) is 5.69 Å². The van der Waals surface area contributed by atoms with E-state index < -0.39 is 24.4 Å². The molecule has 1 heterocycles. The Hall–Kier alpha value is -3.71.